The van der Waals surface area contributed by atoms with Crippen LogP contribution in [0.5, 0.6) is 0 Å². The average molecular weight is 250 g/mol. The fourth-order valence-corrected chi connectivity index (χ4v) is 1.68. The van der Waals surface area contributed by atoms with E-state index in [0.717, 1.165) is 12.4 Å². The van der Waals surface area contributed by atoms with Gasteiger partial charge in [0.25, 0.3) is 5.91 Å². The largest absolute Gasteiger partial charge is 0.366 e. The molecule has 2 heterocycles. The highest BCUT2D eigenvalue weighted by Gasteiger charge is 2.21. The predicted octanol–water partition coefficient (Wildman–Crippen LogP) is 0.0745. The minimum atomic E-state index is -0.424. The van der Waals surface area contributed by atoms with Crippen LogP contribution in [-0.4, -0.2) is 50.8 Å². The summed E-state index contributed by atoms with van der Waals surface area (Å²) < 4.78 is 5.37. The average Bonchev–Trinajstić information content (AvgIpc) is 2.40. The van der Waals surface area contributed by atoms with E-state index in [4.69, 9.17) is 4.74 Å². The number of ether oxygens (including phenoxy) is 1. The van der Waals surface area contributed by atoms with Crippen molar-refractivity contribution in [2.45, 2.75) is 6.10 Å². The van der Waals surface area contributed by atoms with E-state index < -0.39 is 6.10 Å². The first-order valence-electron chi connectivity index (χ1n) is 5.93. The van der Waals surface area contributed by atoms with E-state index in [1.165, 1.54) is 0 Å². The zero-order valence-electron chi connectivity index (χ0n) is 10.6. The number of rotatable bonds is 3. The molecular formula is C12H18N4O2. The molecule has 2 rings (SSSR count). The van der Waals surface area contributed by atoms with Gasteiger partial charge in [0.1, 0.15) is 11.9 Å². The summed E-state index contributed by atoms with van der Waals surface area (Å²) in [7, 11) is 3.84. The third-order valence-corrected chi connectivity index (χ3v) is 2.69. The highest BCUT2D eigenvalue weighted by Crippen LogP contribution is 2.12. The van der Waals surface area contributed by atoms with Crippen LogP contribution in [0.3, 0.4) is 0 Å². The van der Waals surface area contributed by atoms with Crippen molar-refractivity contribution in [3.05, 3.63) is 18.3 Å². The molecule has 0 aliphatic carbocycles. The van der Waals surface area contributed by atoms with Crippen LogP contribution in [0.1, 0.15) is 0 Å². The zero-order chi connectivity index (χ0) is 13.0. The maximum atomic E-state index is 11.9. The number of amides is 1. The van der Waals surface area contributed by atoms with Crippen molar-refractivity contribution in [1.29, 1.82) is 0 Å². The lowest BCUT2D eigenvalue weighted by molar-refractivity contribution is -0.128. The molecule has 1 atom stereocenters. The van der Waals surface area contributed by atoms with Crippen LogP contribution in [0.4, 0.5) is 11.5 Å². The Hall–Kier alpha value is -1.66. The number of hydrogen-bond donors (Lipinski definition) is 2. The van der Waals surface area contributed by atoms with Crippen LogP contribution in [0, 0.1) is 0 Å². The van der Waals surface area contributed by atoms with Gasteiger partial charge in [0.2, 0.25) is 0 Å². The van der Waals surface area contributed by atoms with Crippen molar-refractivity contribution in [3.8, 4) is 0 Å². The van der Waals surface area contributed by atoms with Crippen LogP contribution in [-0.2, 0) is 9.53 Å². The molecule has 1 aromatic rings. The van der Waals surface area contributed by atoms with Crippen LogP contribution in [0.25, 0.3) is 0 Å². The van der Waals surface area contributed by atoms with Crippen LogP contribution in [0.2, 0.25) is 0 Å². The highest BCUT2D eigenvalue weighted by atomic mass is 16.5. The minimum absolute atomic E-state index is 0.137. The van der Waals surface area contributed by atoms with E-state index in [9.17, 15) is 4.79 Å². The van der Waals surface area contributed by atoms with Gasteiger partial charge in [0.15, 0.2) is 0 Å². The number of anilines is 2. The standard InChI is InChI=1S/C12H18N4O2/c1-16(2)11-4-3-9(7-14-11)15-12(17)10-8-13-5-6-18-10/h3-4,7,10,13H,5-6,8H2,1-2H3,(H,15,17). The van der Waals surface area contributed by atoms with Crippen molar-refractivity contribution in [2.24, 2.45) is 0 Å². The lowest BCUT2D eigenvalue weighted by Gasteiger charge is -2.22. The summed E-state index contributed by atoms with van der Waals surface area (Å²) in [5.41, 5.74) is 0.680. The van der Waals surface area contributed by atoms with E-state index in [1.807, 2.05) is 31.1 Å². The van der Waals surface area contributed by atoms with E-state index in [-0.39, 0.29) is 5.91 Å². The molecule has 1 aromatic heterocycles. The number of carbonyl (C=O) groups excluding carboxylic acids is 1. The molecule has 1 unspecified atom stereocenters. The van der Waals surface area contributed by atoms with Crippen molar-refractivity contribution < 1.29 is 9.53 Å². The van der Waals surface area contributed by atoms with Crippen molar-refractivity contribution in [2.75, 3.05) is 44.0 Å². The van der Waals surface area contributed by atoms with Gasteiger partial charge in [-0.2, -0.15) is 0 Å². The molecule has 6 heteroatoms. The number of carbonyl (C=O) groups is 1. The van der Waals surface area contributed by atoms with Gasteiger partial charge in [-0.3, -0.25) is 4.79 Å². The molecule has 2 N–H and O–H groups in total. The monoisotopic (exact) mass is 250 g/mol. The number of nitrogens with zero attached hydrogens (tertiary/aromatic N) is 2. The Balaban J connectivity index is 1.94. The summed E-state index contributed by atoms with van der Waals surface area (Å²) in [6, 6.07) is 3.69. The Kier molecular flexibility index (Phi) is 4.11. The van der Waals surface area contributed by atoms with Crippen LogP contribution >= 0.6 is 0 Å². The van der Waals surface area contributed by atoms with Crippen molar-refractivity contribution >= 4 is 17.4 Å². The summed E-state index contributed by atoms with van der Waals surface area (Å²) in [5, 5.41) is 5.91. The second kappa shape index (κ2) is 5.79. The SMILES string of the molecule is CN(C)c1ccc(NC(=O)C2CNCCO2)cn1. The van der Waals surface area contributed by atoms with Gasteiger partial charge in [-0.25, -0.2) is 4.98 Å². The second-order valence-electron chi connectivity index (χ2n) is 4.35. The molecule has 6 nitrogen and oxygen atoms in total. The molecule has 0 bridgehead atoms. The normalized spacial score (nSPS) is 19.3. The fourth-order valence-electron chi connectivity index (χ4n) is 1.68. The van der Waals surface area contributed by atoms with Gasteiger partial charge >= 0.3 is 0 Å². The zero-order valence-corrected chi connectivity index (χ0v) is 10.6. The van der Waals surface area contributed by atoms with Gasteiger partial charge in [0, 0.05) is 27.2 Å². The molecule has 1 fully saturated rings. The first-order chi connectivity index (χ1) is 8.66. The predicted molar refractivity (Wildman–Crippen MR) is 69.8 cm³/mol. The maximum absolute atomic E-state index is 11.9. The van der Waals surface area contributed by atoms with Crippen LogP contribution < -0.4 is 15.5 Å². The molecule has 1 aliphatic rings. The van der Waals surface area contributed by atoms with Crippen LogP contribution in [0.15, 0.2) is 18.3 Å². The topological polar surface area (TPSA) is 66.5 Å². The van der Waals surface area contributed by atoms with E-state index in [0.29, 0.717) is 18.8 Å². The smallest absolute Gasteiger partial charge is 0.254 e. The number of nitrogens with one attached hydrogen (secondary N) is 2. The summed E-state index contributed by atoms with van der Waals surface area (Å²) in [5.74, 6) is 0.713. The molecule has 1 amide bonds. The van der Waals surface area contributed by atoms with E-state index in [1.54, 1.807) is 6.20 Å². The van der Waals surface area contributed by atoms with Crippen molar-refractivity contribution in [1.82, 2.24) is 10.3 Å². The lowest BCUT2D eigenvalue weighted by atomic mass is 10.3. The Morgan fingerprint density at radius 2 is 2.39 bits per heavy atom. The van der Waals surface area contributed by atoms with Gasteiger partial charge in [0.05, 0.1) is 18.5 Å². The van der Waals surface area contributed by atoms with Crippen molar-refractivity contribution in [3.63, 3.8) is 0 Å². The Morgan fingerprint density at radius 1 is 1.56 bits per heavy atom. The molecule has 1 saturated heterocycles. The number of pyridine rings is 1. The third-order valence-electron chi connectivity index (χ3n) is 2.69. The fraction of sp³-hybridized carbons (Fsp3) is 0.500. The molecule has 0 spiro atoms. The third kappa shape index (κ3) is 3.18. The Labute approximate surface area is 106 Å². The lowest BCUT2D eigenvalue weighted by Crippen LogP contribution is -2.45. The summed E-state index contributed by atoms with van der Waals surface area (Å²) >= 11 is 0. The maximum Gasteiger partial charge on any atom is 0.254 e. The van der Waals surface area contributed by atoms with Gasteiger partial charge in [-0.1, -0.05) is 0 Å². The quantitative estimate of drug-likeness (QED) is 0.795. The Morgan fingerprint density at radius 3 is 2.94 bits per heavy atom. The summed E-state index contributed by atoms with van der Waals surface area (Å²) in [6.45, 7) is 1.91. The number of hydrogen-bond acceptors (Lipinski definition) is 5. The molecule has 18 heavy (non-hydrogen) atoms. The molecule has 0 radical (unpaired) electrons. The number of aromatic nitrogens is 1. The first kappa shape index (κ1) is 12.8. The Bertz CT molecular complexity index is 399. The molecule has 98 valence electrons. The minimum Gasteiger partial charge on any atom is -0.366 e. The van der Waals surface area contributed by atoms with Gasteiger partial charge in [-0.15, -0.1) is 0 Å². The second-order valence-corrected chi connectivity index (χ2v) is 4.35. The van der Waals surface area contributed by atoms with E-state index in [2.05, 4.69) is 15.6 Å². The van der Waals surface area contributed by atoms with Gasteiger partial charge < -0.3 is 20.3 Å². The highest BCUT2D eigenvalue weighted by molar-refractivity contribution is 5.94. The molecule has 1 aliphatic heterocycles. The molecule has 0 aromatic carbocycles. The van der Waals surface area contributed by atoms with E-state index >= 15 is 0 Å². The number of morpholine rings is 1. The molecular weight excluding hydrogens is 232 g/mol. The van der Waals surface area contributed by atoms with Gasteiger partial charge in [-0.05, 0) is 12.1 Å². The summed E-state index contributed by atoms with van der Waals surface area (Å²) in [6.07, 6.45) is 1.22. The molecule has 0 saturated carbocycles. The first-order valence-corrected chi connectivity index (χ1v) is 5.93. The summed E-state index contributed by atoms with van der Waals surface area (Å²) in [4.78, 5) is 18.0.